The molecule has 23 heavy (non-hydrogen) atoms. The summed E-state index contributed by atoms with van der Waals surface area (Å²) in [4.78, 5) is 14.7. The normalized spacial score (nSPS) is 24.0. The number of rotatable bonds is 2. The molecule has 0 radical (unpaired) electrons. The fourth-order valence-electron chi connectivity index (χ4n) is 3.47. The van der Waals surface area contributed by atoms with Crippen molar-refractivity contribution in [1.82, 2.24) is 4.90 Å². The van der Waals surface area contributed by atoms with Crippen molar-refractivity contribution in [3.8, 4) is 5.75 Å². The van der Waals surface area contributed by atoms with Crippen LogP contribution >= 0.6 is 11.6 Å². The number of nitrogens with zero attached hydrogens (tertiary/aromatic N) is 1. The monoisotopic (exact) mass is 338 g/mol. The summed E-state index contributed by atoms with van der Waals surface area (Å²) in [6, 6.07) is 3.66. The maximum Gasteiger partial charge on any atom is 0.322 e. The molecule has 0 bridgehead atoms. The van der Waals surface area contributed by atoms with E-state index in [0.717, 1.165) is 24.8 Å². The van der Waals surface area contributed by atoms with Gasteiger partial charge in [0, 0.05) is 17.6 Å². The average molecular weight is 339 g/mol. The number of carbonyl (C=O) groups is 1. The molecular weight excluding hydrogens is 316 g/mol. The van der Waals surface area contributed by atoms with Gasteiger partial charge in [-0.2, -0.15) is 0 Å². The van der Waals surface area contributed by atoms with Gasteiger partial charge in [0.05, 0.1) is 31.5 Å². The maximum atomic E-state index is 12.8. The van der Waals surface area contributed by atoms with Gasteiger partial charge in [-0.3, -0.25) is 0 Å². The second-order valence-corrected chi connectivity index (χ2v) is 6.59. The highest BCUT2D eigenvalue weighted by atomic mass is 35.5. The highest BCUT2D eigenvalue weighted by molar-refractivity contribution is 6.31. The van der Waals surface area contributed by atoms with Gasteiger partial charge in [0.1, 0.15) is 5.75 Å². The molecule has 1 N–H and O–H groups in total. The Bertz CT molecular complexity index is 591. The molecule has 0 spiro atoms. The van der Waals surface area contributed by atoms with Crippen molar-refractivity contribution in [1.29, 1.82) is 0 Å². The number of amides is 2. The van der Waals surface area contributed by atoms with E-state index in [2.05, 4.69) is 5.32 Å². The highest BCUT2D eigenvalue weighted by Gasteiger charge is 2.36. The van der Waals surface area contributed by atoms with Crippen LogP contribution in [0.4, 0.5) is 10.5 Å². The van der Waals surface area contributed by atoms with Crippen LogP contribution in [0.3, 0.4) is 0 Å². The Balaban J connectivity index is 1.77. The van der Waals surface area contributed by atoms with E-state index in [9.17, 15) is 4.79 Å². The Labute approximate surface area is 141 Å². The summed E-state index contributed by atoms with van der Waals surface area (Å²) < 4.78 is 11.2. The molecule has 0 aromatic heterocycles. The molecular formula is C17H23ClN2O3. The van der Waals surface area contributed by atoms with Gasteiger partial charge in [0.2, 0.25) is 0 Å². The van der Waals surface area contributed by atoms with E-state index in [1.165, 1.54) is 6.42 Å². The van der Waals surface area contributed by atoms with Crippen molar-refractivity contribution in [2.24, 2.45) is 0 Å². The first kappa shape index (κ1) is 16.4. The molecule has 5 nitrogen and oxygen atoms in total. The van der Waals surface area contributed by atoms with Gasteiger partial charge in [0.25, 0.3) is 0 Å². The lowest BCUT2D eigenvalue weighted by molar-refractivity contribution is -0.0694. The third-order valence-electron chi connectivity index (χ3n) is 4.72. The maximum absolute atomic E-state index is 12.8. The summed E-state index contributed by atoms with van der Waals surface area (Å²) in [6.45, 7) is 3.14. The van der Waals surface area contributed by atoms with Crippen LogP contribution in [-0.4, -0.2) is 43.3 Å². The number of urea groups is 1. The molecule has 1 aliphatic heterocycles. The first-order valence-electron chi connectivity index (χ1n) is 8.13. The van der Waals surface area contributed by atoms with E-state index in [1.54, 1.807) is 13.2 Å². The minimum atomic E-state index is -0.0924. The smallest absolute Gasteiger partial charge is 0.322 e. The number of anilines is 1. The molecule has 6 heteroatoms. The Morgan fingerprint density at radius 3 is 2.96 bits per heavy atom. The molecule has 2 fully saturated rings. The average Bonchev–Trinajstić information content (AvgIpc) is 2.57. The Kier molecular flexibility index (Phi) is 4.97. The van der Waals surface area contributed by atoms with Gasteiger partial charge < -0.3 is 19.7 Å². The minimum Gasteiger partial charge on any atom is -0.495 e. The summed E-state index contributed by atoms with van der Waals surface area (Å²) in [7, 11) is 1.57. The fraction of sp³-hybridized carbons (Fsp3) is 0.588. The largest absolute Gasteiger partial charge is 0.495 e. The number of nitrogens with one attached hydrogen (secondary N) is 1. The van der Waals surface area contributed by atoms with E-state index >= 15 is 0 Å². The predicted octanol–water partition coefficient (Wildman–Crippen LogP) is 3.83. The SMILES string of the molecule is COc1cc(Cl)c(C)cc1NC(=O)N1CCO[C@@H]2CCCC[C@H]21. The van der Waals surface area contributed by atoms with Crippen LogP contribution in [0.5, 0.6) is 5.75 Å². The van der Waals surface area contributed by atoms with Crippen LogP contribution in [0.25, 0.3) is 0 Å². The van der Waals surface area contributed by atoms with E-state index in [1.807, 2.05) is 17.9 Å². The van der Waals surface area contributed by atoms with E-state index in [0.29, 0.717) is 29.6 Å². The standard InChI is InChI=1S/C17H23ClN2O3/c1-11-9-13(16(22-2)10-12(11)18)19-17(21)20-7-8-23-15-6-4-3-5-14(15)20/h9-10,14-15H,3-8H2,1-2H3,(H,19,21)/t14-,15-/m1/s1. The number of morpholine rings is 1. The van der Waals surface area contributed by atoms with E-state index in [-0.39, 0.29) is 18.2 Å². The molecule has 2 atom stereocenters. The number of hydrogen-bond acceptors (Lipinski definition) is 3. The molecule has 1 saturated heterocycles. The van der Waals surface area contributed by atoms with Crippen molar-refractivity contribution in [3.05, 3.63) is 22.7 Å². The van der Waals surface area contributed by atoms with Crippen LogP contribution in [0.1, 0.15) is 31.2 Å². The molecule has 126 valence electrons. The minimum absolute atomic E-state index is 0.0924. The molecule has 1 aromatic carbocycles. The zero-order chi connectivity index (χ0) is 16.4. The van der Waals surface area contributed by atoms with Crippen molar-refractivity contribution < 1.29 is 14.3 Å². The fourth-order valence-corrected chi connectivity index (χ4v) is 3.62. The number of aryl methyl sites for hydroxylation is 1. The summed E-state index contributed by atoms with van der Waals surface area (Å²) in [5.41, 5.74) is 1.55. The number of carbonyl (C=O) groups excluding carboxylic acids is 1. The lowest BCUT2D eigenvalue weighted by atomic mass is 9.90. The highest BCUT2D eigenvalue weighted by Crippen LogP contribution is 2.33. The van der Waals surface area contributed by atoms with Crippen molar-refractivity contribution >= 4 is 23.3 Å². The van der Waals surface area contributed by atoms with Gasteiger partial charge in [-0.05, 0) is 31.4 Å². The summed E-state index contributed by atoms with van der Waals surface area (Å²) >= 11 is 6.12. The Hall–Kier alpha value is -1.46. The second-order valence-electron chi connectivity index (χ2n) is 6.19. The van der Waals surface area contributed by atoms with Crippen molar-refractivity contribution in [3.63, 3.8) is 0 Å². The molecule has 1 aromatic rings. The Morgan fingerprint density at radius 1 is 1.39 bits per heavy atom. The third kappa shape index (κ3) is 3.40. The molecule has 2 amide bonds. The van der Waals surface area contributed by atoms with Gasteiger partial charge in [-0.25, -0.2) is 4.79 Å². The molecule has 1 heterocycles. The quantitative estimate of drug-likeness (QED) is 0.891. The number of methoxy groups -OCH3 is 1. The van der Waals surface area contributed by atoms with Crippen molar-refractivity contribution in [2.75, 3.05) is 25.6 Å². The van der Waals surface area contributed by atoms with Gasteiger partial charge in [-0.15, -0.1) is 0 Å². The molecule has 2 aliphatic rings. The molecule has 3 rings (SSSR count). The first-order chi connectivity index (χ1) is 11.1. The number of fused-ring (bicyclic) bond motifs is 1. The molecule has 1 saturated carbocycles. The lowest BCUT2D eigenvalue weighted by Crippen LogP contribution is -2.56. The van der Waals surface area contributed by atoms with Gasteiger partial charge in [-0.1, -0.05) is 24.4 Å². The number of halogens is 1. The van der Waals surface area contributed by atoms with Crippen molar-refractivity contribution in [2.45, 2.75) is 44.8 Å². The van der Waals surface area contributed by atoms with Crippen LogP contribution in [0.15, 0.2) is 12.1 Å². The lowest BCUT2D eigenvalue weighted by Gasteiger charge is -2.43. The Morgan fingerprint density at radius 2 is 2.17 bits per heavy atom. The summed E-state index contributed by atoms with van der Waals surface area (Å²) in [6.07, 6.45) is 4.56. The number of ether oxygens (including phenoxy) is 2. The molecule has 0 unspecified atom stereocenters. The summed E-state index contributed by atoms with van der Waals surface area (Å²) in [5.74, 6) is 0.572. The zero-order valence-electron chi connectivity index (χ0n) is 13.6. The number of benzene rings is 1. The predicted molar refractivity (Wildman–Crippen MR) is 90.5 cm³/mol. The van der Waals surface area contributed by atoms with Gasteiger partial charge in [0.15, 0.2) is 0 Å². The van der Waals surface area contributed by atoms with Crippen LogP contribution in [-0.2, 0) is 4.74 Å². The molecule has 1 aliphatic carbocycles. The topological polar surface area (TPSA) is 50.8 Å². The summed E-state index contributed by atoms with van der Waals surface area (Å²) in [5, 5.41) is 3.60. The third-order valence-corrected chi connectivity index (χ3v) is 5.12. The first-order valence-corrected chi connectivity index (χ1v) is 8.51. The number of hydrogen-bond donors (Lipinski definition) is 1. The van der Waals surface area contributed by atoms with Crippen LogP contribution in [0, 0.1) is 6.92 Å². The van der Waals surface area contributed by atoms with E-state index < -0.39 is 0 Å². The zero-order valence-corrected chi connectivity index (χ0v) is 14.4. The van der Waals surface area contributed by atoms with Crippen LogP contribution < -0.4 is 10.1 Å². The van der Waals surface area contributed by atoms with Crippen LogP contribution in [0.2, 0.25) is 5.02 Å². The van der Waals surface area contributed by atoms with Gasteiger partial charge >= 0.3 is 6.03 Å². The van der Waals surface area contributed by atoms with E-state index in [4.69, 9.17) is 21.1 Å². The second kappa shape index (κ2) is 6.97.